The van der Waals surface area contributed by atoms with Gasteiger partial charge in [0.15, 0.2) is 0 Å². The zero-order chi connectivity index (χ0) is 13.2. The zero-order valence-corrected chi connectivity index (χ0v) is 11.2. The van der Waals surface area contributed by atoms with Gasteiger partial charge in [-0.3, -0.25) is 4.79 Å². The van der Waals surface area contributed by atoms with Crippen LogP contribution in [-0.4, -0.2) is 9.78 Å². The average Bonchev–Trinajstić information content (AvgIpc) is 2.96. The molecule has 19 heavy (non-hydrogen) atoms. The monoisotopic (exact) mass is 254 g/mol. The van der Waals surface area contributed by atoms with E-state index in [9.17, 15) is 4.79 Å². The molecule has 1 aromatic heterocycles. The third-order valence-corrected chi connectivity index (χ3v) is 3.99. The lowest BCUT2D eigenvalue weighted by Gasteiger charge is -2.10. The molecule has 0 N–H and O–H groups in total. The molecule has 0 aliphatic heterocycles. The third-order valence-electron chi connectivity index (χ3n) is 3.99. The molecule has 1 heterocycles. The number of hydrogen-bond acceptors (Lipinski definition) is 2. The fourth-order valence-electron chi connectivity index (χ4n) is 2.84. The Morgan fingerprint density at radius 2 is 1.74 bits per heavy atom. The van der Waals surface area contributed by atoms with Crippen LogP contribution in [0.15, 0.2) is 41.2 Å². The summed E-state index contributed by atoms with van der Waals surface area (Å²) in [5.41, 5.74) is 3.27. The predicted molar refractivity (Wildman–Crippen MR) is 76.1 cm³/mol. The number of rotatable bonds is 2. The van der Waals surface area contributed by atoms with Crippen LogP contribution in [0.3, 0.4) is 0 Å². The van der Waals surface area contributed by atoms with Crippen LogP contribution in [0.2, 0.25) is 0 Å². The van der Waals surface area contributed by atoms with E-state index in [1.54, 1.807) is 19.2 Å². The Morgan fingerprint density at radius 3 is 2.37 bits per heavy atom. The molecule has 0 amide bonds. The van der Waals surface area contributed by atoms with Gasteiger partial charge in [0.05, 0.1) is 5.69 Å². The van der Waals surface area contributed by atoms with E-state index in [1.165, 1.54) is 35.9 Å². The second-order valence-electron chi connectivity index (χ2n) is 5.28. The minimum absolute atomic E-state index is 0.0775. The minimum Gasteiger partial charge on any atom is -0.268 e. The molecule has 0 radical (unpaired) electrons. The molecular formula is C16H18N2O. The summed E-state index contributed by atoms with van der Waals surface area (Å²) in [5, 5.41) is 4.27. The molecule has 0 bridgehead atoms. The van der Waals surface area contributed by atoms with Gasteiger partial charge in [-0.05, 0) is 30.4 Å². The first-order valence-corrected chi connectivity index (χ1v) is 6.89. The van der Waals surface area contributed by atoms with Crippen LogP contribution in [0, 0.1) is 0 Å². The van der Waals surface area contributed by atoms with Crippen LogP contribution >= 0.6 is 0 Å². The van der Waals surface area contributed by atoms with E-state index in [2.05, 4.69) is 29.4 Å². The Kier molecular flexibility index (Phi) is 3.20. The first kappa shape index (κ1) is 12.2. The molecule has 0 spiro atoms. The highest BCUT2D eigenvalue weighted by atomic mass is 16.1. The fraction of sp³-hybridized carbons (Fsp3) is 0.375. The Balaban J connectivity index is 1.89. The van der Waals surface area contributed by atoms with Crippen molar-refractivity contribution < 1.29 is 0 Å². The Morgan fingerprint density at radius 1 is 1.05 bits per heavy atom. The molecule has 2 aromatic rings. The van der Waals surface area contributed by atoms with E-state index < -0.39 is 0 Å². The summed E-state index contributed by atoms with van der Waals surface area (Å²) in [6, 6.07) is 12.0. The van der Waals surface area contributed by atoms with Crippen LogP contribution in [0.25, 0.3) is 11.3 Å². The Bertz CT molecular complexity index is 622. The molecular weight excluding hydrogens is 236 g/mol. The normalized spacial score (nSPS) is 15.8. The standard InChI is InChI=1S/C16H18N2O/c1-18-16(19)11-10-15(17-18)14-8-6-13(7-9-14)12-4-2-3-5-12/h6-12H,2-5H2,1H3. The second-order valence-corrected chi connectivity index (χ2v) is 5.28. The summed E-state index contributed by atoms with van der Waals surface area (Å²) >= 11 is 0. The van der Waals surface area contributed by atoms with Gasteiger partial charge in [0.2, 0.25) is 0 Å². The number of benzene rings is 1. The van der Waals surface area contributed by atoms with Crippen molar-refractivity contribution in [1.29, 1.82) is 0 Å². The number of aryl methyl sites for hydroxylation is 1. The topological polar surface area (TPSA) is 34.9 Å². The number of aromatic nitrogens is 2. The van der Waals surface area contributed by atoms with E-state index in [0.29, 0.717) is 0 Å². The largest absolute Gasteiger partial charge is 0.268 e. The summed E-state index contributed by atoms with van der Waals surface area (Å²) in [6.07, 6.45) is 5.35. The van der Waals surface area contributed by atoms with Gasteiger partial charge in [-0.25, -0.2) is 4.68 Å². The molecule has 3 rings (SSSR count). The number of hydrogen-bond donors (Lipinski definition) is 0. The lowest BCUT2D eigenvalue weighted by molar-refractivity contribution is 0.711. The van der Waals surface area contributed by atoms with Crippen LogP contribution in [-0.2, 0) is 7.05 Å². The Hall–Kier alpha value is -1.90. The SMILES string of the molecule is Cn1nc(-c2ccc(C3CCCC3)cc2)ccc1=O. The molecule has 3 heteroatoms. The Labute approximate surface area is 112 Å². The molecule has 0 atom stereocenters. The van der Waals surface area contributed by atoms with Crippen LogP contribution in [0.5, 0.6) is 0 Å². The molecule has 0 saturated heterocycles. The van der Waals surface area contributed by atoms with E-state index in [1.807, 2.05) is 0 Å². The van der Waals surface area contributed by atoms with Crippen molar-refractivity contribution in [2.24, 2.45) is 7.05 Å². The van der Waals surface area contributed by atoms with Crippen LogP contribution in [0.4, 0.5) is 0 Å². The minimum atomic E-state index is -0.0775. The highest BCUT2D eigenvalue weighted by molar-refractivity contribution is 5.58. The predicted octanol–water partition coefficient (Wildman–Crippen LogP) is 3.10. The smallest absolute Gasteiger partial charge is 0.266 e. The van der Waals surface area contributed by atoms with Gasteiger partial charge in [0, 0.05) is 18.7 Å². The van der Waals surface area contributed by atoms with Gasteiger partial charge in [0.1, 0.15) is 0 Å². The molecule has 1 saturated carbocycles. The van der Waals surface area contributed by atoms with Gasteiger partial charge in [-0.2, -0.15) is 5.10 Å². The summed E-state index contributed by atoms with van der Waals surface area (Å²) in [5.74, 6) is 0.738. The number of nitrogens with zero attached hydrogens (tertiary/aromatic N) is 2. The lowest BCUT2D eigenvalue weighted by Crippen LogP contribution is -2.18. The van der Waals surface area contributed by atoms with Gasteiger partial charge >= 0.3 is 0 Å². The molecule has 98 valence electrons. The fourth-order valence-corrected chi connectivity index (χ4v) is 2.84. The highest BCUT2D eigenvalue weighted by Crippen LogP contribution is 2.34. The lowest BCUT2D eigenvalue weighted by atomic mass is 9.96. The van der Waals surface area contributed by atoms with Gasteiger partial charge < -0.3 is 0 Å². The van der Waals surface area contributed by atoms with E-state index in [-0.39, 0.29) is 5.56 Å². The summed E-state index contributed by atoms with van der Waals surface area (Å²) in [7, 11) is 1.68. The average molecular weight is 254 g/mol. The van der Waals surface area contributed by atoms with Crippen LogP contribution < -0.4 is 5.56 Å². The van der Waals surface area contributed by atoms with E-state index in [4.69, 9.17) is 0 Å². The van der Waals surface area contributed by atoms with E-state index >= 15 is 0 Å². The maximum atomic E-state index is 11.3. The molecule has 0 unspecified atom stereocenters. The zero-order valence-electron chi connectivity index (χ0n) is 11.2. The van der Waals surface area contributed by atoms with Crippen molar-refractivity contribution >= 4 is 0 Å². The summed E-state index contributed by atoms with van der Waals surface area (Å²) in [4.78, 5) is 11.3. The van der Waals surface area contributed by atoms with Gasteiger partial charge in [-0.1, -0.05) is 37.1 Å². The quantitative estimate of drug-likeness (QED) is 0.825. The first-order chi connectivity index (χ1) is 9.24. The van der Waals surface area contributed by atoms with Crippen molar-refractivity contribution in [3.8, 4) is 11.3 Å². The van der Waals surface area contributed by atoms with Gasteiger partial charge in [0.25, 0.3) is 5.56 Å². The van der Waals surface area contributed by atoms with Crippen molar-refractivity contribution in [2.75, 3.05) is 0 Å². The molecule has 1 aromatic carbocycles. The highest BCUT2D eigenvalue weighted by Gasteiger charge is 2.16. The molecule has 3 nitrogen and oxygen atoms in total. The molecule has 1 aliphatic rings. The van der Waals surface area contributed by atoms with Crippen LogP contribution in [0.1, 0.15) is 37.2 Å². The maximum absolute atomic E-state index is 11.3. The summed E-state index contributed by atoms with van der Waals surface area (Å²) in [6.45, 7) is 0. The van der Waals surface area contributed by atoms with E-state index in [0.717, 1.165) is 17.2 Å². The van der Waals surface area contributed by atoms with Crippen molar-refractivity contribution in [2.45, 2.75) is 31.6 Å². The second kappa shape index (κ2) is 5.00. The van der Waals surface area contributed by atoms with Crippen molar-refractivity contribution in [3.63, 3.8) is 0 Å². The molecule has 1 aliphatic carbocycles. The summed E-state index contributed by atoms with van der Waals surface area (Å²) < 4.78 is 1.38. The third kappa shape index (κ3) is 2.46. The maximum Gasteiger partial charge on any atom is 0.266 e. The first-order valence-electron chi connectivity index (χ1n) is 6.89. The van der Waals surface area contributed by atoms with Crippen molar-refractivity contribution in [3.05, 3.63) is 52.3 Å². The van der Waals surface area contributed by atoms with Gasteiger partial charge in [-0.15, -0.1) is 0 Å². The molecule has 1 fully saturated rings. The van der Waals surface area contributed by atoms with Crippen molar-refractivity contribution in [1.82, 2.24) is 9.78 Å².